The third-order valence-electron chi connectivity index (χ3n) is 2.84. The van der Waals surface area contributed by atoms with Crippen LogP contribution in [0.3, 0.4) is 0 Å². The molecule has 3 rings (SSSR count). The summed E-state index contributed by atoms with van der Waals surface area (Å²) in [6, 6.07) is 2.49. The molecule has 0 amide bonds. The quantitative estimate of drug-likeness (QED) is 0.745. The Morgan fingerprint density at radius 3 is 3.36 bits per heavy atom. The highest BCUT2D eigenvalue weighted by Gasteiger charge is 2.19. The van der Waals surface area contributed by atoms with Gasteiger partial charge in [-0.3, -0.25) is 4.98 Å². The first kappa shape index (κ1) is 8.00. The lowest BCUT2D eigenvalue weighted by molar-refractivity contribution is 0.585. The van der Waals surface area contributed by atoms with Crippen molar-refractivity contribution < 1.29 is 4.42 Å². The van der Waals surface area contributed by atoms with E-state index in [9.17, 15) is 0 Å². The van der Waals surface area contributed by atoms with Gasteiger partial charge in [-0.1, -0.05) is 0 Å². The lowest BCUT2D eigenvalue weighted by Gasteiger charge is -2.06. The number of fused-ring (bicyclic) bond motifs is 1. The van der Waals surface area contributed by atoms with Gasteiger partial charge in [0.15, 0.2) is 5.58 Å². The molecule has 3 heteroatoms. The zero-order valence-electron chi connectivity index (χ0n) is 7.86. The average Bonchev–Trinajstić information content (AvgIpc) is 2.85. The monoisotopic (exact) mass is 188 g/mol. The normalized spacial score (nSPS) is 21.9. The van der Waals surface area contributed by atoms with Crippen LogP contribution in [0.15, 0.2) is 29.1 Å². The molecule has 0 aliphatic carbocycles. The van der Waals surface area contributed by atoms with Crippen LogP contribution in [0.1, 0.15) is 24.4 Å². The maximum absolute atomic E-state index is 5.46. The predicted octanol–water partition coefficient (Wildman–Crippen LogP) is 2.25. The molecule has 1 fully saturated rings. The van der Waals surface area contributed by atoms with Gasteiger partial charge in [0.25, 0.3) is 0 Å². The van der Waals surface area contributed by atoms with Crippen molar-refractivity contribution in [3.8, 4) is 0 Å². The number of nitrogens with zero attached hydrogens (tertiary/aromatic N) is 1. The van der Waals surface area contributed by atoms with Crippen LogP contribution in [0.5, 0.6) is 0 Å². The highest BCUT2D eigenvalue weighted by Crippen LogP contribution is 2.30. The third-order valence-corrected chi connectivity index (χ3v) is 2.84. The molecule has 0 bridgehead atoms. The molecular formula is C11H12N2O. The summed E-state index contributed by atoms with van der Waals surface area (Å²) in [5.41, 5.74) is 2.16. The van der Waals surface area contributed by atoms with Crippen molar-refractivity contribution in [1.29, 1.82) is 0 Å². The molecule has 1 atom stereocenters. The van der Waals surface area contributed by atoms with Crippen molar-refractivity contribution in [1.82, 2.24) is 10.3 Å². The number of hydrogen-bond acceptors (Lipinski definition) is 3. The molecule has 0 radical (unpaired) electrons. The Morgan fingerprint density at radius 2 is 2.50 bits per heavy atom. The lowest BCUT2D eigenvalue weighted by atomic mass is 10.1. The van der Waals surface area contributed by atoms with Crippen molar-refractivity contribution in [3.05, 3.63) is 30.3 Å². The van der Waals surface area contributed by atoms with Crippen LogP contribution in [0.4, 0.5) is 0 Å². The molecule has 3 nitrogen and oxygen atoms in total. The molecule has 14 heavy (non-hydrogen) atoms. The van der Waals surface area contributed by atoms with Crippen LogP contribution in [-0.4, -0.2) is 11.5 Å². The summed E-state index contributed by atoms with van der Waals surface area (Å²) in [5.74, 6) is 0. The van der Waals surface area contributed by atoms with Crippen LogP contribution >= 0.6 is 0 Å². The van der Waals surface area contributed by atoms with Crippen molar-refractivity contribution in [2.75, 3.05) is 6.54 Å². The molecule has 0 spiro atoms. The summed E-state index contributed by atoms with van der Waals surface area (Å²) in [5, 5.41) is 4.66. The second kappa shape index (κ2) is 3.10. The van der Waals surface area contributed by atoms with Gasteiger partial charge in [0.2, 0.25) is 0 Å². The Balaban J connectivity index is 2.11. The van der Waals surface area contributed by atoms with E-state index in [4.69, 9.17) is 4.42 Å². The van der Waals surface area contributed by atoms with Gasteiger partial charge in [-0.2, -0.15) is 0 Å². The zero-order valence-corrected chi connectivity index (χ0v) is 7.86. The Labute approximate surface area is 82.1 Å². The van der Waals surface area contributed by atoms with Crippen LogP contribution in [0, 0.1) is 0 Å². The van der Waals surface area contributed by atoms with Gasteiger partial charge in [-0.05, 0) is 25.5 Å². The number of hydrogen-bond donors (Lipinski definition) is 1. The molecule has 1 N–H and O–H groups in total. The van der Waals surface area contributed by atoms with Gasteiger partial charge in [0, 0.05) is 23.2 Å². The SMILES string of the molecule is c1cc2c(C3CCCN3)coc2cn1. The molecule has 2 aromatic rings. The number of furan rings is 1. The fourth-order valence-corrected chi connectivity index (χ4v) is 2.12. The minimum absolute atomic E-state index is 0.471. The molecule has 3 heterocycles. The molecule has 0 aromatic carbocycles. The Hall–Kier alpha value is -1.35. The maximum Gasteiger partial charge on any atom is 0.152 e. The van der Waals surface area contributed by atoms with Gasteiger partial charge in [0.1, 0.15) is 0 Å². The van der Waals surface area contributed by atoms with E-state index >= 15 is 0 Å². The van der Waals surface area contributed by atoms with E-state index in [2.05, 4.69) is 10.3 Å². The average molecular weight is 188 g/mol. The van der Waals surface area contributed by atoms with Crippen molar-refractivity contribution >= 4 is 11.0 Å². The molecule has 1 aliphatic heterocycles. The second-order valence-corrected chi connectivity index (χ2v) is 3.71. The minimum Gasteiger partial charge on any atom is -0.462 e. The van der Waals surface area contributed by atoms with Crippen molar-refractivity contribution in [2.24, 2.45) is 0 Å². The van der Waals surface area contributed by atoms with E-state index in [1.165, 1.54) is 23.8 Å². The van der Waals surface area contributed by atoms with Gasteiger partial charge in [-0.15, -0.1) is 0 Å². The standard InChI is InChI=1S/C11H12N2O/c1-2-10(13-4-1)9-7-14-11-6-12-5-3-8(9)11/h3,5-7,10,13H,1-2,4H2. The van der Waals surface area contributed by atoms with Crippen molar-refractivity contribution in [3.63, 3.8) is 0 Å². The van der Waals surface area contributed by atoms with Gasteiger partial charge in [0.05, 0.1) is 12.5 Å². The first-order valence-electron chi connectivity index (χ1n) is 4.99. The number of rotatable bonds is 1. The van der Waals surface area contributed by atoms with Gasteiger partial charge in [-0.25, -0.2) is 0 Å². The Morgan fingerprint density at radius 1 is 1.50 bits per heavy atom. The second-order valence-electron chi connectivity index (χ2n) is 3.71. The first-order valence-corrected chi connectivity index (χ1v) is 4.99. The lowest BCUT2D eigenvalue weighted by Crippen LogP contribution is -2.12. The Bertz CT molecular complexity index is 443. The molecule has 2 aromatic heterocycles. The summed E-state index contributed by atoms with van der Waals surface area (Å²) in [6.07, 6.45) is 7.90. The van der Waals surface area contributed by atoms with Crippen LogP contribution in [-0.2, 0) is 0 Å². The maximum atomic E-state index is 5.46. The highest BCUT2D eigenvalue weighted by atomic mass is 16.3. The predicted molar refractivity (Wildman–Crippen MR) is 54.0 cm³/mol. The van der Waals surface area contributed by atoms with E-state index < -0.39 is 0 Å². The van der Waals surface area contributed by atoms with Gasteiger partial charge >= 0.3 is 0 Å². The number of aromatic nitrogens is 1. The molecule has 72 valence electrons. The summed E-state index contributed by atoms with van der Waals surface area (Å²) in [7, 11) is 0. The van der Waals surface area contributed by atoms with E-state index in [0.29, 0.717) is 6.04 Å². The highest BCUT2D eigenvalue weighted by molar-refractivity contribution is 5.80. The van der Waals surface area contributed by atoms with E-state index in [0.717, 1.165) is 12.1 Å². The van der Waals surface area contributed by atoms with E-state index in [-0.39, 0.29) is 0 Å². The smallest absolute Gasteiger partial charge is 0.152 e. The number of nitrogens with one attached hydrogen (secondary N) is 1. The van der Waals surface area contributed by atoms with Crippen LogP contribution in [0.25, 0.3) is 11.0 Å². The molecule has 0 saturated carbocycles. The summed E-state index contributed by atoms with van der Waals surface area (Å²) < 4.78 is 5.46. The third kappa shape index (κ3) is 1.13. The van der Waals surface area contributed by atoms with Crippen LogP contribution < -0.4 is 5.32 Å². The van der Waals surface area contributed by atoms with E-state index in [1.54, 1.807) is 6.20 Å². The zero-order chi connectivity index (χ0) is 9.38. The fourth-order valence-electron chi connectivity index (χ4n) is 2.12. The largest absolute Gasteiger partial charge is 0.462 e. The van der Waals surface area contributed by atoms with Crippen molar-refractivity contribution in [2.45, 2.75) is 18.9 Å². The topological polar surface area (TPSA) is 38.1 Å². The Kier molecular flexibility index (Phi) is 1.77. The first-order chi connectivity index (χ1) is 6.95. The summed E-state index contributed by atoms with van der Waals surface area (Å²) in [6.45, 7) is 1.11. The van der Waals surface area contributed by atoms with Gasteiger partial charge < -0.3 is 9.73 Å². The fraction of sp³-hybridized carbons (Fsp3) is 0.364. The summed E-state index contributed by atoms with van der Waals surface area (Å²) >= 11 is 0. The minimum atomic E-state index is 0.471. The summed E-state index contributed by atoms with van der Waals surface area (Å²) in [4.78, 5) is 4.04. The molecular weight excluding hydrogens is 176 g/mol. The molecule has 1 saturated heterocycles. The number of pyridine rings is 1. The molecule has 1 unspecified atom stereocenters. The van der Waals surface area contributed by atoms with E-state index in [1.807, 2.05) is 18.5 Å². The van der Waals surface area contributed by atoms with Crippen LogP contribution in [0.2, 0.25) is 0 Å². The molecule has 1 aliphatic rings.